The Morgan fingerprint density at radius 2 is 2.00 bits per heavy atom. The summed E-state index contributed by atoms with van der Waals surface area (Å²) in [6.45, 7) is 5.48. The minimum atomic E-state index is -1.47. The first kappa shape index (κ1) is 20.5. The minimum absolute atomic E-state index is 0.0602. The first-order valence-corrected chi connectivity index (χ1v) is 10.8. The van der Waals surface area contributed by atoms with E-state index in [-0.39, 0.29) is 29.5 Å². The number of aliphatic hydroxyl groups is 1. The molecule has 2 saturated carbocycles. The molecule has 5 heteroatoms. The molecule has 0 aliphatic heterocycles. The second-order valence-electron chi connectivity index (χ2n) is 9.72. The van der Waals surface area contributed by atoms with Gasteiger partial charge < -0.3 is 9.84 Å². The van der Waals surface area contributed by atoms with Crippen LogP contribution in [-0.2, 0) is 19.1 Å². The molecule has 2 fully saturated rings. The molecule has 0 spiro atoms. The zero-order valence-corrected chi connectivity index (χ0v) is 17.6. The molecule has 4 rings (SSSR count). The first-order valence-electron chi connectivity index (χ1n) is 10.8. The van der Waals surface area contributed by atoms with Crippen molar-refractivity contribution in [2.75, 3.05) is 6.61 Å². The molecule has 0 aromatic heterocycles. The van der Waals surface area contributed by atoms with Crippen molar-refractivity contribution in [2.24, 2.45) is 22.7 Å². The molecule has 0 amide bonds. The zero-order valence-electron chi connectivity index (χ0n) is 17.6. The molecule has 0 aromatic carbocycles. The van der Waals surface area contributed by atoms with Crippen molar-refractivity contribution in [1.29, 1.82) is 0 Å². The summed E-state index contributed by atoms with van der Waals surface area (Å²) in [7, 11) is 0. The Hall–Kier alpha value is -1.75. The van der Waals surface area contributed by atoms with Crippen molar-refractivity contribution in [3.05, 3.63) is 29.7 Å². The van der Waals surface area contributed by atoms with Gasteiger partial charge in [0.1, 0.15) is 5.60 Å². The van der Waals surface area contributed by atoms with E-state index in [2.05, 4.69) is 13.0 Å². The highest BCUT2D eigenvalue weighted by atomic mass is 16.5. The highest BCUT2D eigenvalue weighted by Crippen LogP contribution is 2.65. The van der Waals surface area contributed by atoms with Gasteiger partial charge in [0.05, 0.1) is 6.42 Å². The van der Waals surface area contributed by atoms with Crippen LogP contribution in [0.1, 0.15) is 65.7 Å². The maximum Gasteiger partial charge on any atom is 0.309 e. The summed E-state index contributed by atoms with van der Waals surface area (Å²) in [6, 6.07) is 0. The lowest BCUT2D eigenvalue weighted by molar-refractivity contribution is -0.162. The quantitative estimate of drug-likeness (QED) is 0.578. The monoisotopic (exact) mass is 399 g/mol. The Kier molecular flexibility index (Phi) is 4.88. The van der Waals surface area contributed by atoms with Crippen molar-refractivity contribution in [1.82, 2.24) is 0 Å². The highest BCUT2D eigenvalue weighted by molar-refractivity contribution is 5.92. The minimum Gasteiger partial charge on any atom is -0.457 e. The Morgan fingerprint density at radius 1 is 1.24 bits per heavy atom. The summed E-state index contributed by atoms with van der Waals surface area (Å²) >= 11 is 0. The number of hydrogen-bond acceptors (Lipinski definition) is 5. The van der Waals surface area contributed by atoms with E-state index in [1.54, 1.807) is 6.92 Å². The van der Waals surface area contributed by atoms with Crippen molar-refractivity contribution >= 4 is 17.5 Å². The molecule has 5 atom stereocenters. The number of fused-ring (bicyclic) bond motifs is 5. The maximum absolute atomic E-state index is 12.9. The van der Waals surface area contributed by atoms with Gasteiger partial charge in [-0.1, -0.05) is 38.0 Å². The SMILES string of the molecule is C[CH]C(=O)OCC(=O)[C@@]1(O)CC[C@H]2[C@@H]3CCC4=CC(=O)CCC4(C)C3=CCC21C. The van der Waals surface area contributed by atoms with Crippen molar-refractivity contribution in [3.63, 3.8) is 0 Å². The Labute approximate surface area is 172 Å². The van der Waals surface area contributed by atoms with Crippen LogP contribution in [0.25, 0.3) is 0 Å². The Bertz CT molecular complexity index is 823. The molecular formula is C24H31O5. The van der Waals surface area contributed by atoms with Gasteiger partial charge in [0.2, 0.25) is 5.78 Å². The summed E-state index contributed by atoms with van der Waals surface area (Å²) in [5.41, 5.74) is 0.589. The molecule has 157 valence electrons. The van der Waals surface area contributed by atoms with Crippen LogP contribution in [0.2, 0.25) is 0 Å². The summed E-state index contributed by atoms with van der Waals surface area (Å²) in [6.07, 6.45) is 10.5. The van der Waals surface area contributed by atoms with E-state index in [1.807, 2.05) is 13.0 Å². The van der Waals surface area contributed by atoms with Crippen LogP contribution in [0.5, 0.6) is 0 Å². The van der Waals surface area contributed by atoms with E-state index in [4.69, 9.17) is 4.74 Å². The maximum atomic E-state index is 12.9. The van der Waals surface area contributed by atoms with Crippen LogP contribution in [0.4, 0.5) is 0 Å². The standard InChI is InChI=1S/C24H31O5/c1-4-21(27)29-14-20(26)24(28)12-9-19-17-6-5-15-13-16(25)7-10-22(15,2)18(17)8-11-23(19,24)3/h4,8,13,17,19,28H,5-7,9-12,14H2,1-3H3/t17-,19+,22?,23?,24+/m1/s1. The van der Waals surface area contributed by atoms with Gasteiger partial charge >= 0.3 is 5.97 Å². The van der Waals surface area contributed by atoms with Crippen LogP contribution in [0.15, 0.2) is 23.3 Å². The largest absolute Gasteiger partial charge is 0.457 e. The molecular weight excluding hydrogens is 368 g/mol. The van der Waals surface area contributed by atoms with E-state index >= 15 is 0 Å². The van der Waals surface area contributed by atoms with Gasteiger partial charge in [-0.05, 0) is 56.4 Å². The smallest absolute Gasteiger partial charge is 0.309 e. The number of hydrogen-bond donors (Lipinski definition) is 1. The predicted octanol–water partition coefficient (Wildman–Crippen LogP) is 3.51. The number of allylic oxidation sites excluding steroid dienone is 4. The topological polar surface area (TPSA) is 80.7 Å². The number of carbonyl (C=O) groups is 3. The Morgan fingerprint density at radius 3 is 2.72 bits per heavy atom. The molecule has 4 aliphatic carbocycles. The number of esters is 1. The van der Waals surface area contributed by atoms with Gasteiger partial charge in [0, 0.05) is 17.3 Å². The van der Waals surface area contributed by atoms with Crippen LogP contribution >= 0.6 is 0 Å². The number of rotatable bonds is 4. The van der Waals surface area contributed by atoms with Crippen LogP contribution in [-0.4, -0.2) is 34.9 Å². The van der Waals surface area contributed by atoms with Crippen LogP contribution in [0, 0.1) is 29.1 Å². The molecule has 1 radical (unpaired) electrons. The van der Waals surface area contributed by atoms with E-state index in [0.29, 0.717) is 25.2 Å². The summed E-state index contributed by atoms with van der Waals surface area (Å²) in [4.78, 5) is 36.3. The molecule has 2 unspecified atom stereocenters. The lowest BCUT2D eigenvalue weighted by Crippen LogP contribution is -2.55. The second-order valence-corrected chi connectivity index (χ2v) is 9.72. The van der Waals surface area contributed by atoms with Gasteiger partial charge in [-0.3, -0.25) is 14.4 Å². The van der Waals surface area contributed by atoms with Crippen molar-refractivity contribution in [2.45, 2.75) is 71.3 Å². The Balaban J connectivity index is 1.63. The van der Waals surface area contributed by atoms with E-state index in [9.17, 15) is 19.5 Å². The van der Waals surface area contributed by atoms with Crippen molar-refractivity contribution in [3.8, 4) is 0 Å². The normalized spacial score (nSPS) is 40.9. The van der Waals surface area contributed by atoms with E-state index in [1.165, 1.54) is 17.6 Å². The average molecular weight is 400 g/mol. The van der Waals surface area contributed by atoms with Crippen LogP contribution in [0.3, 0.4) is 0 Å². The second kappa shape index (κ2) is 6.90. The lowest BCUT2D eigenvalue weighted by atomic mass is 9.50. The van der Waals surface area contributed by atoms with Gasteiger partial charge in [0.15, 0.2) is 12.4 Å². The molecule has 0 saturated heterocycles. The fourth-order valence-electron chi connectivity index (χ4n) is 6.67. The fourth-order valence-corrected chi connectivity index (χ4v) is 6.67. The zero-order chi connectivity index (χ0) is 21.0. The fraction of sp³-hybridized carbons (Fsp3) is 0.667. The third-order valence-corrected chi connectivity index (χ3v) is 8.53. The molecule has 5 nitrogen and oxygen atoms in total. The van der Waals surface area contributed by atoms with E-state index < -0.39 is 17.0 Å². The summed E-state index contributed by atoms with van der Waals surface area (Å²) < 4.78 is 5.00. The predicted molar refractivity (Wildman–Crippen MR) is 108 cm³/mol. The average Bonchev–Trinajstić information content (AvgIpc) is 2.98. The van der Waals surface area contributed by atoms with Gasteiger partial charge in [0.25, 0.3) is 0 Å². The van der Waals surface area contributed by atoms with E-state index in [0.717, 1.165) is 25.7 Å². The summed E-state index contributed by atoms with van der Waals surface area (Å²) in [5, 5.41) is 11.5. The van der Waals surface area contributed by atoms with Gasteiger partial charge in [-0.15, -0.1) is 0 Å². The molecule has 4 aliphatic rings. The number of Topliss-reactive ketones (excluding diaryl/α,β-unsaturated/α-hetero) is 1. The highest BCUT2D eigenvalue weighted by Gasteiger charge is 2.64. The first-order chi connectivity index (χ1) is 13.7. The van der Waals surface area contributed by atoms with Crippen LogP contribution < -0.4 is 0 Å². The molecule has 0 bridgehead atoms. The molecule has 1 N–H and O–H groups in total. The third-order valence-electron chi connectivity index (χ3n) is 8.53. The number of ether oxygens (including phenoxy) is 1. The molecule has 0 heterocycles. The molecule has 0 aromatic rings. The van der Waals surface area contributed by atoms with Gasteiger partial charge in [-0.2, -0.15) is 0 Å². The summed E-state index contributed by atoms with van der Waals surface area (Å²) in [5.74, 6) is -0.144. The number of ketones is 2. The third kappa shape index (κ3) is 2.88. The number of carbonyl (C=O) groups excluding carboxylic acids is 3. The lowest BCUT2D eigenvalue weighted by Gasteiger charge is -2.54. The molecule has 29 heavy (non-hydrogen) atoms. The van der Waals surface area contributed by atoms with Gasteiger partial charge in [-0.25, -0.2) is 0 Å². The van der Waals surface area contributed by atoms with Crippen molar-refractivity contribution < 1.29 is 24.2 Å².